The molecule has 3 saturated heterocycles. The van der Waals surface area contributed by atoms with Crippen LogP contribution >= 0.6 is 0 Å². The third-order valence-electron chi connectivity index (χ3n) is 5.99. The van der Waals surface area contributed by atoms with Gasteiger partial charge in [0, 0.05) is 51.4 Å². The van der Waals surface area contributed by atoms with E-state index >= 15 is 0 Å². The lowest BCUT2D eigenvalue weighted by Crippen LogP contribution is -2.54. The van der Waals surface area contributed by atoms with E-state index in [-0.39, 0.29) is 11.9 Å². The van der Waals surface area contributed by atoms with E-state index in [1.165, 1.54) is 30.0 Å². The van der Waals surface area contributed by atoms with Gasteiger partial charge in [0.05, 0.1) is 24.9 Å². The molecule has 0 bridgehead atoms. The number of morpholine rings is 1. The summed E-state index contributed by atoms with van der Waals surface area (Å²) in [5, 5.41) is 7.06. The number of ether oxygens (including phenoxy) is 1. The summed E-state index contributed by atoms with van der Waals surface area (Å²) in [5.74, 6) is 0.701. The van der Waals surface area contributed by atoms with Crippen molar-refractivity contribution in [3.8, 4) is 0 Å². The fourth-order valence-corrected chi connectivity index (χ4v) is 5.80. The fraction of sp³-hybridized carbons (Fsp3) is 0.789. The first-order valence-electron chi connectivity index (χ1n) is 10.8. The van der Waals surface area contributed by atoms with Crippen LogP contribution in [0.4, 0.5) is 0 Å². The molecule has 0 aliphatic carbocycles. The lowest BCUT2D eigenvalue weighted by Gasteiger charge is -2.37. The van der Waals surface area contributed by atoms with Gasteiger partial charge in [0.15, 0.2) is 5.96 Å². The first kappa shape index (κ1) is 21.5. The maximum Gasteiger partial charge on any atom is 0.220 e. The summed E-state index contributed by atoms with van der Waals surface area (Å²) in [6.45, 7) is 8.41. The largest absolute Gasteiger partial charge is 0.373 e. The molecule has 0 aromatic carbocycles. The summed E-state index contributed by atoms with van der Waals surface area (Å²) in [6, 6.07) is 2.17. The number of guanidine groups is 1. The Bertz CT molecular complexity index is 807. The Labute approximate surface area is 178 Å². The first-order valence-corrected chi connectivity index (χ1v) is 12.4. The van der Waals surface area contributed by atoms with Crippen LogP contribution in [0.2, 0.25) is 0 Å². The van der Waals surface area contributed by atoms with Crippen LogP contribution in [0.5, 0.6) is 0 Å². The Hall–Kier alpha value is -1.69. The van der Waals surface area contributed by atoms with Crippen LogP contribution in [0.1, 0.15) is 25.5 Å². The quantitative estimate of drug-likeness (QED) is 0.485. The molecule has 0 radical (unpaired) electrons. The molecule has 1 N–H and O–H groups in total. The average Bonchev–Trinajstić information content (AvgIpc) is 3.42. The Kier molecular flexibility index (Phi) is 6.91. The summed E-state index contributed by atoms with van der Waals surface area (Å²) >= 11 is 0. The molecule has 168 valence electrons. The van der Waals surface area contributed by atoms with Gasteiger partial charge in [0.1, 0.15) is 12.0 Å². The van der Waals surface area contributed by atoms with Gasteiger partial charge < -0.3 is 19.5 Å². The van der Waals surface area contributed by atoms with Gasteiger partial charge in [-0.05, 0) is 26.3 Å². The third-order valence-corrected chi connectivity index (χ3v) is 7.81. The van der Waals surface area contributed by atoms with Crippen LogP contribution < -0.4 is 5.32 Å². The number of nitrogens with zero attached hydrogens (tertiary/aromatic N) is 5. The van der Waals surface area contributed by atoms with Crippen LogP contribution in [0.3, 0.4) is 0 Å². The maximum atomic E-state index is 12.6. The molecule has 4 heterocycles. The number of sulfonamides is 1. The highest BCUT2D eigenvalue weighted by molar-refractivity contribution is 7.88. The van der Waals surface area contributed by atoms with Crippen molar-refractivity contribution in [2.75, 3.05) is 59.0 Å². The van der Waals surface area contributed by atoms with E-state index in [0.29, 0.717) is 44.5 Å². The minimum atomic E-state index is -3.41. The van der Waals surface area contributed by atoms with Crippen molar-refractivity contribution < 1.29 is 17.7 Å². The van der Waals surface area contributed by atoms with Gasteiger partial charge in [-0.15, -0.1) is 0 Å². The lowest BCUT2D eigenvalue weighted by atomic mass is 10.2. The van der Waals surface area contributed by atoms with E-state index in [9.17, 15) is 8.42 Å². The molecule has 2 unspecified atom stereocenters. The van der Waals surface area contributed by atoms with Crippen LogP contribution in [0, 0.1) is 0 Å². The van der Waals surface area contributed by atoms with Crippen molar-refractivity contribution in [2.24, 2.45) is 4.99 Å². The molecule has 2 atom stereocenters. The summed E-state index contributed by atoms with van der Waals surface area (Å²) in [6.07, 6.45) is 4.01. The molecular formula is C19H32N6O4S. The zero-order valence-electron chi connectivity index (χ0n) is 17.6. The molecular weight excluding hydrogens is 408 g/mol. The fourth-order valence-electron chi connectivity index (χ4n) is 4.38. The standard InChI is InChI=1S/C19H32N6O4S/c1-2-20-19(21-12-18-13-24-6-3-4-17(24)14-28-18)23-7-9-25(10-8-23)30(26,27)15-16-5-11-29-22-16/h5,11,17-18H,2-4,6-10,12-15H2,1H3,(H,20,21). The molecule has 1 aromatic rings. The normalized spacial score (nSPS) is 26.7. The van der Waals surface area contributed by atoms with Gasteiger partial charge in [0.2, 0.25) is 10.0 Å². The van der Waals surface area contributed by atoms with Crippen molar-refractivity contribution in [1.82, 2.24) is 24.6 Å². The molecule has 1 aromatic heterocycles. The minimum Gasteiger partial charge on any atom is -0.373 e. The zero-order chi connectivity index (χ0) is 21.0. The summed E-state index contributed by atoms with van der Waals surface area (Å²) in [5.41, 5.74) is 0.431. The highest BCUT2D eigenvalue weighted by Crippen LogP contribution is 2.22. The molecule has 3 fully saturated rings. The smallest absolute Gasteiger partial charge is 0.220 e. The Balaban J connectivity index is 1.31. The van der Waals surface area contributed by atoms with Gasteiger partial charge in [-0.25, -0.2) is 8.42 Å². The summed E-state index contributed by atoms with van der Waals surface area (Å²) < 4.78 is 37.6. The Morgan fingerprint density at radius 2 is 2.13 bits per heavy atom. The average molecular weight is 441 g/mol. The number of rotatable bonds is 6. The predicted molar refractivity (Wildman–Crippen MR) is 113 cm³/mol. The van der Waals surface area contributed by atoms with E-state index in [1.807, 2.05) is 6.92 Å². The predicted octanol–water partition coefficient (Wildman–Crippen LogP) is -0.0493. The van der Waals surface area contributed by atoms with Crippen molar-refractivity contribution in [1.29, 1.82) is 0 Å². The van der Waals surface area contributed by atoms with Gasteiger partial charge in [-0.1, -0.05) is 5.16 Å². The van der Waals surface area contributed by atoms with Crippen molar-refractivity contribution in [2.45, 2.75) is 37.7 Å². The van der Waals surface area contributed by atoms with Crippen LogP contribution in [-0.4, -0.2) is 105 Å². The second-order valence-corrected chi connectivity index (χ2v) is 10.0. The van der Waals surface area contributed by atoms with Gasteiger partial charge in [-0.2, -0.15) is 4.31 Å². The monoisotopic (exact) mass is 440 g/mol. The molecule has 10 nitrogen and oxygen atoms in total. The molecule has 3 aliphatic heterocycles. The summed E-state index contributed by atoms with van der Waals surface area (Å²) in [7, 11) is -3.41. The topological polar surface area (TPSA) is 104 Å². The lowest BCUT2D eigenvalue weighted by molar-refractivity contribution is -0.0433. The maximum absolute atomic E-state index is 12.6. The van der Waals surface area contributed by atoms with Crippen LogP contribution in [-0.2, 0) is 20.5 Å². The third kappa shape index (κ3) is 5.13. The van der Waals surface area contributed by atoms with Crippen molar-refractivity contribution >= 4 is 16.0 Å². The SMILES string of the molecule is CCNC(=NCC1CN2CCCC2CO1)N1CCN(S(=O)(=O)Cc2ccon2)CC1. The molecule has 4 rings (SSSR count). The molecule has 0 saturated carbocycles. The van der Waals surface area contributed by atoms with E-state index in [1.54, 1.807) is 6.07 Å². The number of hydrogen-bond donors (Lipinski definition) is 1. The van der Waals surface area contributed by atoms with Crippen molar-refractivity contribution in [3.05, 3.63) is 18.0 Å². The molecule has 3 aliphatic rings. The van der Waals surface area contributed by atoms with Crippen LogP contribution in [0.15, 0.2) is 21.8 Å². The number of aromatic nitrogens is 1. The minimum absolute atomic E-state index is 0.122. The number of aliphatic imine (C=N–C) groups is 1. The highest BCUT2D eigenvalue weighted by Gasteiger charge is 2.33. The van der Waals surface area contributed by atoms with E-state index in [4.69, 9.17) is 14.3 Å². The first-order chi connectivity index (χ1) is 14.5. The number of hydrogen-bond acceptors (Lipinski definition) is 7. The van der Waals surface area contributed by atoms with Crippen molar-refractivity contribution in [3.63, 3.8) is 0 Å². The highest BCUT2D eigenvalue weighted by atomic mass is 32.2. The van der Waals surface area contributed by atoms with Gasteiger partial charge in [-0.3, -0.25) is 9.89 Å². The molecule has 0 amide bonds. The molecule has 30 heavy (non-hydrogen) atoms. The van der Waals surface area contributed by atoms with Gasteiger partial charge in [0.25, 0.3) is 0 Å². The van der Waals surface area contributed by atoms with Gasteiger partial charge >= 0.3 is 0 Å². The van der Waals surface area contributed by atoms with E-state index in [0.717, 1.165) is 25.7 Å². The van der Waals surface area contributed by atoms with E-state index in [2.05, 4.69) is 20.3 Å². The zero-order valence-corrected chi connectivity index (χ0v) is 18.4. The molecule has 11 heteroatoms. The summed E-state index contributed by atoms with van der Waals surface area (Å²) in [4.78, 5) is 9.47. The number of piperazine rings is 1. The number of nitrogens with one attached hydrogen (secondary N) is 1. The Morgan fingerprint density at radius 3 is 2.87 bits per heavy atom. The van der Waals surface area contributed by atoms with Crippen LogP contribution in [0.25, 0.3) is 0 Å². The second-order valence-electron chi connectivity index (χ2n) is 8.07. The number of fused-ring (bicyclic) bond motifs is 1. The molecule has 0 spiro atoms. The second kappa shape index (κ2) is 9.63. The van der Waals surface area contributed by atoms with E-state index < -0.39 is 10.0 Å². The Morgan fingerprint density at radius 1 is 1.30 bits per heavy atom.